The molecule has 0 saturated carbocycles. The molecule has 0 saturated heterocycles. The molecule has 0 bridgehead atoms. The van der Waals surface area contributed by atoms with E-state index in [1.165, 1.54) is 11.3 Å². The summed E-state index contributed by atoms with van der Waals surface area (Å²) in [5, 5.41) is 0. The number of carbonyl (C=O) groups is 1. The Balaban J connectivity index is 1.95. The van der Waals surface area contributed by atoms with E-state index in [-0.39, 0.29) is 5.97 Å². The van der Waals surface area contributed by atoms with Crippen molar-refractivity contribution in [2.45, 2.75) is 19.8 Å². The minimum atomic E-state index is -0.334. The number of para-hydroxylation sites is 1. The predicted octanol–water partition coefficient (Wildman–Crippen LogP) is 3.53. The third-order valence-electron chi connectivity index (χ3n) is 3.94. The van der Waals surface area contributed by atoms with Crippen molar-refractivity contribution >= 4 is 23.0 Å². The lowest BCUT2D eigenvalue weighted by Crippen LogP contribution is -2.25. The lowest BCUT2D eigenvalue weighted by Gasteiger charge is -2.32. The zero-order valence-electron chi connectivity index (χ0n) is 12.7. The van der Waals surface area contributed by atoms with Gasteiger partial charge < -0.3 is 15.4 Å². The van der Waals surface area contributed by atoms with Gasteiger partial charge in [0, 0.05) is 12.2 Å². The van der Waals surface area contributed by atoms with Gasteiger partial charge in [-0.25, -0.2) is 4.79 Å². The molecule has 1 aliphatic heterocycles. The first kappa shape index (κ1) is 14.4. The first-order valence-electron chi connectivity index (χ1n) is 7.63. The number of fused-ring (bicyclic) bond motifs is 1. The molecule has 0 atom stereocenters. The van der Waals surface area contributed by atoms with Crippen molar-refractivity contribution in [3.8, 4) is 0 Å². The molecule has 0 amide bonds. The Morgan fingerprint density at radius 2 is 2.05 bits per heavy atom. The maximum atomic E-state index is 11.8. The number of aryl methyl sites for hydroxylation is 1. The molecule has 1 aliphatic rings. The quantitative estimate of drug-likeness (QED) is 0.695. The largest absolute Gasteiger partial charge is 0.462 e. The summed E-state index contributed by atoms with van der Waals surface area (Å²) in [5.41, 5.74) is 10.8. The Hall–Kier alpha value is -2.49. The maximum absolute atomic E-state index is 11.8. The van der Waals surface area contributed by atoms with Gasteiger partial charge in [0.25, 0.3) is 0 Å². The van der Waals surface area contributed by atoms with Gasteiger partial charge in [-0.15, -0.1) is 0 Å². The molecule has 0 aromatic heterocycles. The van der Waals surface area contributed by atoms with Gasteiger partial charge in [-0.05, 0) is 49.6 Å². The Morgan fingerprint density at radius 3 is 2.82 bits per heavy atom. The van der Waals surface area contributed by atoms with Crippen LogP contribution in [0.2, 0.25) is 0 Å². The number of nitrogens with zero attached hydrogens (tertiary/aromatic N) is 1. The van der Waals surface area contributed by atoms with Crippen molar-refractivity contribution in [3.63, 3.8) is 0 Å². The summed E-state index contributed by atoms with van der Waals surface area (Å²) in [6.07, 6.45) is 2.18. The van der Waals surface area contributed by atoms with Crippen LogP contribution in [-0.2, 0) is 11.2 Å². The number of carbonyl (C=O) groups excluding carboxylic acids is 1. The Kier molecular flexibility index (Phi) is 4.00. The summed E-state index contributed by atoms with van der Waals surface area (Å²) in [6, 6.07) is 13.8. The summed E-state index contributed by atoms with van der Waals surface area (Å²) in [4.78, 5) is 14.0. The van der Waals surface area contributed by atoms with Crippen LogP contribution in [0.25, 0.3) is 0 Å². The number of rotatable bonds is 3. The van der Waals surface area contributed by atoms with Gasteiger partial charge >= 0.3 is 5.97 Å². The lowest BCUT2D eigenvalue weighted by molar-refractivity contribution is 0.0526. The number of nitrogens with two attached hydrogens (primary N) is 1. The summed E-state index contributed by atoms with van der Waals surface area (Å²) >= 11 is 0. The summed E-state index contributed by atoms with van der Waals surface area (Å²) in [5.74, 6) is -0.334. The highest BCUT2D eigenvalue weighted by Gasteiger charge is 2.20. The van der Waals surface area contributed by atoms with E-state index in [0.717, 1.165) is 25.1 Å². The zero-order valence-corrected chi connectivity index (χ0v) is 12.7. The van der Waals surface area contributed by atoms with Crippen LogP contribution in [0.4, 0.5) is 17.1 Å². The van der Waals surface area contributed by atoms with Crippen molar-refractivity contribution in [2.24, 2.45) is 0 Å². The molecule has 0 aliphatic carbocycles. The Morgan fingerprint density at radius 1 is 1.23 bits per heavy atom. The molecule has 2 aromatic carbocycles. The number of esters is 1. The fourth-order valence-corrected chi connectivity index (χ4v) is 2.93. The molecule has 2 aromatic rings. The van der Waals surface area contributed by atoms with Gasteiger partial charge in [0.2, 0.25) is 0 Å². The molecule has 0 spiro atoms. The van der Waals surface area contributed by atoms with Crippen molar-refractivity contribution in [3.05, 3.63) is 53.6 Å². The van der Waals surface area contributed by atoms with E-state index in [0.29, 0.717) is 17.9 Å². The zero-order chi connectivity index (χ0) is 15.5. The molecule has 2 N–H and O–H groups in total. The van der Waals surface area contributed by atoms with Crippen LogP contribution in [0.5, 0.6) is 0 Å². The smallest absolute Gasteiger partial charge is 0.338 e. The van der Waals surface area contributed by atoms with Crippen LogP contribution in [0.1, 0.15) is 29.3 Å². The van der Waals surface area contributed by atoms with Gasteiger partial charge in [0.15, 0.2) is 0 Å². The van der Waals surface area contributed by atoms with E-state index in [1.54, 1.807) is 19.1 Å². The molecule has 0 radical (unpaired) electrons. The van der Waals surface area contributed by atoms with E-state index in [4.69, 9.17) is 10.5 Å². The molecular formula is C18H20N2O2. The molecule has 114 valence electrons. The van der Waals surface area contributed by atoms with Gasteiger partial charge in [-0.1, -0.05) is 18.2 Å². The molecule has 3 rings (SSSR count). The second-order valence-corrected chi connectivity index (χ2v) is 5.38. The van der Waals surface area contributed by atoms with E-state index >= 15 is 0 Å². The average molecular weight is 296 g/mol. The number of ether oxygens (including phenoxy) is 1. The van der Waals surface area contributed by atoms with E-state index < -0.39 is 0 Å². The standard InChI is InChI=1S/C18H20N2O2/c1-2-22-18(21)14-9-10-17(15(19)12-14)20-11-5-7-13-6-3-4-8-16(13)20/h3-4,6,8-10,12H,2,5,7,11,19H2,1H3. The summed E-state index contributed by atoms with van der Waals surface area (Å²) < 4.78 is 5.02. The van der Waals surface area contributed by atoms with Crippen molar-refractivity contribution < 1.29 is 9.53 Å². The summed E-state index contributed by atoms with van der Waals surface area (Å²) in [6.45, 7) is 3.08. The molecule has 22 heavy (non-hydrogen) atoms. The Labute approximate surface area is 130 Å². The second kappa shape index (κ2) is 6.10. The molecule has 0 unspecified atom stereocenters. The minimum Gasteiger partial charge on any atom is -0.462 e. The Bertz CT molecular complexity index is 697. The maximum Gasteiger partial charge on any atom is 0.338 e. The first-order valence-corrected chi connectivity index (χ1v) is 7.63. The molecule has 0 fully saturated rings. The highest BCUT2D eigenvalue weighted by molar-refractivity contribution is 5.92. The fraction of sp³-hybridized carbons (Fsp3) is 0.278. The normalized spacial score (nSPS) is 13.6. The van der Waals surface area contributed by atoms with Crippen molar-refractivity contribution in [1.29, 1.82) is 0 Å². The SMILES string of the molecule is CCOC(=O)c1ccc(N2CCCc3ccccc32)c(N)c1. The highest BCUT2D eigenvalue weighted by Crippen LogP contribution is 2.36. The lowest BCUT2D eigenvalue weighted by atomic mass is 10.0. The second-order valence-electron chi connectivity index (χ2n) is 5.38. The summed E-state index contributed by atoms with van der Waals surface area (Å²) in [7, 11) is 0. The van der Waals surface area contributed by atoms with Crippen molar-refractivity contribution in [1.82, 2.24) is 0 Å². The number of hydrogen-bond acceptors (Lipinski definition) is 4. The number of benzene rings is 2. The molecular weight excluding hydrogens is 276 g/mol. The molecule has 4 heteroatoms. The van der Waals surface area contributed by atoms with Crippen LogP contribution in [0.3, 0.4) is 0 Å². The van der Waals surface area contributed by atoms with Gasteiger partial charge in [-0.3, -0.25) is 0 Å². The average Bonchev–Trinajstić information content (AvgIpc) is 2.54. The van der Waals surface area contributed by atoms with Gasteiger partial charge in [0.1, 0.15) is 0 Å². The topological polar surface area (TPSA) is 55.6 Å². The predicted molar refractivity (Wildman–Crippen MR) is 88.6 cm³/mol. The van der Waals surface area contributed by atoms with Crippen LogP contribution in [-0.4, -0.2) is 19.1 Å². The highest BCUT2D eigenvalue weighted by atomic mass is 16.5. The molecule has 4 nitrogen and oxygen atoms in total. The third-order valence-corrected chi connectivity index (χ3v) is 3.94. The van der Waals surface area contributed by atoms with Crippen LogP contribution in [0.15, 0.2) is 42.5 Å². The third kappa shape index (κ3) is 2.64. The van der Waals surface area contributed by atoms with E-state index in [9.17, 15) is 4.79 Å². The van der Waals surface area contributed by atoms with Crippen LogP contribution < -0.4 is 10.6 Å². The van der Waals surface area contributed by atoms with Gasteiger partial charge in [0.05, 0.1) is 23.5 Å². The monoisotopic (exact) mass is 296 g/mol. The van der Waals surface area contributed by atoms with E-state index in [2.05, 4.69) is 23.1 Å². The number of hydrogen-bond donors (Lipinski definition) is 1. The van der Waals surface area contributed by atoms with Crippen molar-refractivity contribution in [2.75, 3.05) is 23.8 Å². The van der Waals surface area contributed by atoms with Gasteiger partial charge in [-0.2, -0.15) is 0 Å². The van der Waals surface area contributed by atoms with Crippen LogP contribution in [0, 0.1) is 0 Å². The first-order chi connectivity index (χ1) is 10.7. The minimum absolute atomic E-state index is 0.334. The molecule has 1 heterocycles. The van der Waals surface area contributed by atoms with Crippen LogP contribution >= 0.6 is 0 Å². The van der Waals surface area contributed by atoms with E-state index in [1.807, 2.05) is 12.1 Å². The fourth-order valence-electron chi connectivity index (χ4n) is 2.93. The number of nitrogen functional groups attached to an aromatic ring is 1. The number of anilines is 3.